The molecule has 1 aromatic heterocycles. The molecule has 0 radical (unpaired) electrons. The smallest absolute Gasteiger partial charge is 0.231 e. The summed E-state index contributed by atoms with van der Waals surface area (Å²) in [5.41, 5.74) is 6.57. The molecule has 1 saturated heterocycles. The number of carbonyl (C=O) groups is 1. The lowest BCUT2D eigenvalue weighted by molar-refractivity contribution is -0.938. The number of fused-ring (bicyclic) bond motifs is 1. The Bertz CT molecular complexity index is 860. The molecule has 0 bridgehead atoms. The summed E-state index contributed by atoms with van der Waals surface area (Å²) in [7, 11) is 0. The molecule has 0 spiro atoms. The van der Waals surface area contributed by atoms with Crippen molar-refractivity contribution < 1.29 is 19.2 Å². The number of nitrogens with two attached hydrogens (primary N) is 1. The highest BCUT2D eigenvalue weighted by atomic mass is 16.7. The van der Waals surface area contributed by atoms with E-state index in [4.69, 9.17) is 15.2 Å². The van der Waals surface area contributed by atoms with Gasteiger partial charge in [0.05, 0.1) is 19.6 Å². The van der Waals surface area contributed by atoms with E-state index in [0.29, 0.717) is 12.5 Å². The molecule has 3 N–H and O–H groups in total. The van der Waals surface area contributed by atoms with Gasteiger partial charge in [-0.2, -0.15) is 0 Å². The van der Waals surface area contributed by atoms with E-state index in [1.807, 2.05) is 22.9 Å². The number of hydrogen-bond acceptors (Lipinski definition) is 6. The molecule has 2 aliphatic rings. The van der Waals surface area contributed by atoms with Crippen LogP contribution >= 0.6 is 0 Å². The minimum Gasteiger partial charge on any atom is -0.454 e. The Morgan fingerprint density at radius 2 is 2.03 bits per heavy atom. The third kappa shape index (κ3) is 4.34. The Morgan fingerprint density at radius 3 is 2.76 bits per heavy atom. The lowest BCUT2D eigenvalue weighted by atomic mass is 9.93. The van der Waals surface area contributed by atoms with Crippen molar-refractivity contribution in [1.29, 1.82) is 0 Å². The second-order valence-electron chi connectivity index (χ2n) is 8.40. The zero-order chi connectivity index (χ0) is 20.4. The highest BCUT2D eigenvalue weighted by Gasteiger charge is 2.35. The van der Waals surface area contributed by atoms with Crippen molar-refractivity contribution in [2.45, 2.75) is 45.7 Å². The van der Waals surface area contributed by atoms with E-state index >= 15 is 0 Å². The van der Waals surface area contributed by atoms with Gasteiger partial charge in [0, 0.05) is 25.2 Å². The number of hydrogen-bond donors (Lipinski definition) is 2. The molecule has 1 aromatic carbocycles. The molecule has 1 amide bonds. The summed E-state index contributed by atoms with van der Waals surface area (Å²) in [6, 6.07) is 6.11. The van der Waals surface area contributed by atoms with E-state index < -0.39 is 0 Å². The fourth-order valence-electron chi connectivity index (χ4n) is 4.33. The summed E-state index contributed by atoms with van der Waals surface area (Å²) >= 11 is 0. The van der Waals surface area contributed by atoms with Crippen molar-refractivity contribution in [2.24, 2.45) is 17.6 Å². The van der Waals surface area contributed by atoms with Crippen LogP contribution in [-0.4, -0.2) is 46.0 Å². The lowest BCUT2D eigenvalue weighted by Crippen LogP contribution is -3.13. The molecule has 156 valence electrons. The number of aromatic nitrogens is 4. The predicted molar refractivity (Wildman–Crippen MR) is 104 cm³/mol. The van der Waals surface area contributed by atoms with E-state index in [1.54, 1.807) is 0 Å². The number of likely N-dealkylation sites (tertiary alicyclic amines) is 1. The summed E-state index contributed by atoms with van der Waals surface area (Å²) in [6.45, 7) is 7.08. The number of nitrogens with zero attached hydrogens (tertiary/aromatic N) is 4. The van der Waals surface area contributed by atoms with E-state index in [2.05, 4.69) is 29.4 Å². The number of primary amides is 1. The second kappa shape index (κ2) is 8.36. The molecule has 1 atom stereocenters. The van der Waals surface area contributed by atoms with Gasteiger partial charge in [-0.15, -0.1) is 5.10 Å². The van der Waals surface area contributed by atoms with Gasteiger partial charge >= 0.3 is 0 Å². The van der Waals surface area contributed by atoms with Crippen molar-refractivity contribution >= 4 is 5.91 Å². The van der Waals surface area contributed by atoms with E-state index in [9.17, 15) is 4.79 Å². The maximum absolute atomic E-state index is 11.5. The number of nitrogens with one attached hydrogen (secondary N) is 1. The number of ether oxygens (including phenoxy) is 2. The standard InChI is InChI=1S/C20H28N6O3/c1-13(2)9-16(25-7-5-15(6-8-25)19(21)27)20-22-23-24-26(20)11-14-3-4-17-18(10-14)29-12-28-17/h3-4,10,13,15-16H,5-9,11-12H2,1-2H3,(H2,21,27)/p+1/t16-/m1/s1. The van der Waals surface area contributed by atoms with Gasteiger partial charge in [0.15, 0.2) is 11.5 Å². The van der Waals surface area contributed by atoms with Crippen LogP contribution < -0.4 is 20.1 Å². The summed E-state index contributed by atoms with van der Waals surface area (Å²) < 4.78 is 12.8. The Hall–Kier alpha value is -2.68. The van der Waals surface area contributed by atoms with Crippen LogP contribution in [0.3, 0.4) is 0 Å². The Kier molecular flexibility index (Phi) is 5.66. The quantitative estimate of drug-likeness (QED) is 0.691. The second-order valence-corrected chi connectivity index (χ2v) is 8.40. The average Bonchev–Trinajstić information content (AvgIpc) is 3.35. The van der Waals surface area contributed by atoms with Gasteiger partial charge in [0.2, 0.25) is 18.5 Å². The van der Waals surface area contributed by atoms with Gasteiger partial charge in [0.1, 0.15) is 6.04 Å². The Morgan fingerprint density at radius 1 is 1.28 bits per heavy atom. The van der Waals surface area contributed by atoms with Crippen molar-refractivity contribution in [2.75, 3.05) is 19.9 Å². The Labute approximate surface area is 170 Å². The third-order valence-corrected chi connectivity index (χ3v) is 5.87. The molecule has 2 aromatic rings. The summed E-state index contributed by atoms with van der Waals surface area (Å²) in [5.74, 6) is 2.74. The van der Waals surface area contributed by atoms with Crippen LogP contribution in [0, 0.1) is 11.8 Å². The van der Waals surface area contributed by atoms with Gasteiger partial charge in [-0.1, -0.05) is 19.9 Å². The van der Waals surface area contributed by atoms with Gasteiger partial charge in [0.25, 0.3) is 0 Å². The fourth-order valence-corrected chi connectivity index (χ4v) is 4.33. The number of amides is 1. The molecule has 9 nitrogen and oxygen atoms in total. The van der Waals surface area contributed by atoms with E-state index in [-0.39, 0.29) is 24.7 Å². The first-order valence-electron chi connectivity index (χ1n) is 10.3. The minimum absolute atomic E-state index is 0.0110. The number of carbonyl (C=O) groups excluding carboxylic acids is 1. The summed E-state index contributed by atoms with van der Waals surface area (Å²) in [4.78, 5) is 13.0. The first-order valence-corrected chi connectivity index (χ1v) is 10.3. The third-order valence-electron chi connectivity index (χ3n) is 5.87. The Balaban J connectivity index is 1.53. The van der Waals surface area contributed by atoms with Crippen LogP contribution in [0.5, 0.6) is 11.5 Å². The normalized spacial score (nSPS) is 22.0. The first kappa shape index (κ1) is 19.6. The molecule has 2 aliphatic heterocycles. The number of tetrazole rings is 1. The van der Waals surface area contributed by atoms with Crippen molar-refractivity contribution in [3.05, 3.63) is 29.6 Å². The van der Waals surface area contributed by atoms with Crippen LogP contribution in [0.1, 0.15) is 50.5 Å². The molecule has 29 heavy (non-hydrogen) atoms. The lowest BCUT2D eigenvalue weighted by Gasteiger charge is -2.34. The van der Waals surface area contributed by atoms with Gasteiger partial charge in [-0.05, 0) is 34.0 Å². The van der Waals surface area contributed by atoms with Crippen LogP contribution in [0.4, 0.5) is 0 Å². The van der Waals surface area contributed by atoms with Crippen molar-refractivity contribution in [3.63, 3.8) is 0 Å². The van der Waals surface area contributed by atoms with Gasteiger partial charge in [-0.25, -0.2) is 4.68 Å². The van der Waals surface area contributed by atoms with Gasteiger partial charge in [-0.3, -0.25) is 4.79 Å². The maximum Gasteiger partial charge on any atom is 0.231 e. The largest absolute Gasteiger partial charge is 0.454 e. The molecule has 4 rings (SSSR count). The SMILES string of the molecule is CC(C)C[C@H](c1nnnn1Cc1ccc2c(c1)OCO2)[NH+]1CCC(C(N)=O)CC1. The molecule has 9 heteroatoms. The van der Waals surface area contributed by atoms with Crippen LogP contribution in [-0.2, 0) is 11.3 Å². The van der Waals surface area contributed by atoms with Crippen LogP contribution in [0.25, 0.3) is 0 Å². The monoisotopic (exact) mass is 401 g/mol. The molecule has 0 saturated carbocycles. The van der Waals surface area contributed by atoms with Gasteiger partial charge < -0.3 is 20.1 Å². The average molecular weight is 401 g/mol. The molecule has 0 aliphatic carbocycles. The number of quaternary nitrogens is 1. The zero-order valence-corrected chi connectivity index (χ0v) is 17.0. The fraction of sp³-hybridized carbons (Fsp3) is 0.600. The van der Waals surface area contributed by atoms with Crippen LogP contribution in [0.15, 0.2) is 18.2 Å². The molecular formula is C20H29N6O3+. The summed E-state index contributed by atoms with van der Waals surface area (Å²) in [6.07, 6.45) is 2.63. The zero-order valence-electron chi connectivity index (χ0n) is 17.0. The molecular weight excluding hydrogens is 372 g/mol. The maximum atomic E-state index is 11.5. The molecule has 0 unspecified atom stereocenters. The number of piperidine rings is 1. The highest BCUT2D eigenvalue weighted by Crippen LogP contribution is 2.32. The van der Waals surface area contributed by atoms with E-state index in [1.165, 1.54) is 4.90 Å². The molecule has 1 fully saturated rings. The first-order chi connectivity index (χ1) is 14.0. The van der Waals surface area contributed by atoms with Crippen molar-refractivity contribution in [1.82, 2.24) is 20.2 Å². The predicted octanol–water partition coefficient (Wildman–Crippen LogP) is 0.318. The topological polar surface area (TPSA) is 110 Å². The summed E-state index contributed by atoms with van der Waals surface area (Å²) in [5, 5.41) is 12.6. The van der Waals surface area contributed by atoms with Crippen molar-refractivity contribution in [3.8, 4) is 11.5 Å². The van der Waals surface area contributed by atoms with E-state index in [0.717, 1.165) is 55.2 Å². The minimum atomic E-state index is -0.183. The number of rotatable bonds is 7. The highest BCUT2D eigenvalue weighted by molar-refractivity contribution is 5.76. The molecule has 3 heterocycles. The number of benzene rings is 1. The van der Waals surface area contributed by atoms with Crippen LogP contribution in [0.2, 0.25) is 0 Å².